The molecule has 2 aliphatic rings. The molecule has 166 valence electrons. The topological polar surface area (TPSA) is 83.3 Å². The summed E-state index contributed by atoms with van der Waals surface area (Å²) in [7, 11) is 0. The summed E-state index contributed by atoms with van der Waals surface area (Å²) in [6, 6.07) is 12.1. The maximum absolute atomic E-state index is 13.0. The van der Waals surface area contributed by atoms with Crippen molar-refractivity contribution in [3.63, 3.8) is 0 Å². The second-order valence-corrected chi connectivity index (χ2v) is 7.97. The van der Waals surface area contributed by atoms with E-state index in [1.807, 2.05) is 36.5 Å². The van der Waals surface area contributed by atoms with Gasteiger partial charge in [0.1, 0.15) is 11.5 Å². The lowest BCUT2D eigenvalue weighted by Crippen LogP contribution is -2.30. The summed E-state index contributed by atoms with van der Waals surface area (Å²) < 4.78 is 2.07. The van der Waals surface area contributed by atoms with E-state index in [1.165, 1.54) is 0 Å². The highest BCUT2D eigenvalue weighted by atomic mass is 35.5. The number of hydrogen-bond donors (Lipinski definition) is 2. The highest BCUT2D eigenvalue weighted by Crippen LogP contribution is 2.24. The maximum atomic E-state index is 13.0. The second-order valence-electron chi connectivity index (χ2n) is 7.97. The van der Waals surface area contributed by atoms with E-state index in [4.69, 9.17) is 4.98 Å². The quantitative estimate of drug-likeness (QED) is 0.621. The van der Waals surface area contributed by atoms with Gasteiger partial charge in [-0.25, -0.2) is 4.98 Å². The molecular formula is C22H27Cl2N5O2. The molecule has 31 heavy (non-hydrogen) atoms. The lowest BCUT2D eigenvalue weighted by atomic mass is 9.99. The van der Waals surface area contributed by atoms with E-state index < -0.39 is 6.10 Å². The van der Waals surface area contributed by atoms with Crippen LogP contribution in [0.2, 0.25) is 0 Å². The van der Waals surface area contributed by atoms with Crippen LogP contribution in [0, 0.1) is 5.92 Å². The van der Waals surface area contributed by atoms with Gasteiger partial charge in [0.2, 0.25) is 0 Å². The third kappa shape index (κ3) is 4.85. The lowest BCUT2D eigenvalue weighted by molar-refractivity contribution is 0.0759. The Morgan fingerprint density at radius 2 is 1.94 bits per heavy atom. The molecule has 3 aromatic rings. The smallest absolute Gasteiger partial charge is 0.274 e. The zero-order valence-corrected chi connectivity index (χ0v) is 18.7. The molecule has 0 aliphatic carbocycles. The first-order chi connectivity index (χ1) is 14.2. The number of nitrogens with one attached hydrogen (secondary N) is 1. The van der Waals surface area contributed by atoms with Gasteiger partial charge in [-0.2, -0.15) is 0 Å². The average Bonchev–Trinajstić information content (AvgIpc) is 3.23. The number of para-hydroxylation sites is 1. The normalized spacial score (nSPS) is 20.5. The molecule has 1 amide bonds. The first-order valence-electron chi connectivity index (χ1n) is 10.3. The number of aromatic nitrogens is 3. The number of rotatable bonds is 3. The van der Waals surface area contributed by atoms with Crippen molar-refractivity contribution < 1.29 is 9.90 Å². The van der Waals surface area contributed by atoms with Crippen molar-refractivity contribution in [2.75, 3.05) is 26.2 Å². The average molecular weight is 464 g/mol. The minimum atomic E-state index is -0.545. The molecule has 0 unspecified atom stereocenters. The van der Waals surface area contributed by atoms with Gasteiger partial charge in [0.25, 0.3) is 5.91 Å². The molecule has 2 aliphatic heterocycles. The minimum absolute atomic E-state index is 0. The van der Waals surface area contributed by atoms with Crippen LogP contribution in [0.3, 0.4) is 0 Å². The Morgan fingerprint density at radius 1 is 1.10 bits per heavy atom. The van der Waals surface area contributed by atoms with Gasteiger partial charge in [-0.15, -0.1) is 24.8 Å². The molecule has 2 aromatic heterocycles. The number of pyridine rings is 1. The van der Waals surface area contributed by atoms with Crippen molar-refractivity contribution in [2.45, 2.75) is 25.5 Å². The van der Waals surface area contributed by atoms with Gasteiger partial charge in [0.15, 0.2) is 0 Å². The lowest BCUT2D eigenvalue weighted by Gasteiger charge is -2.15. The third-order valence-corrected chi connectivity index (χ3v) is 5.95. The van der Waals surface area contributed by atoms with Gasteiger partial charge >= 0.3 is 0 Å². The van der Waals surface area contributed by atoms with Crippen LogP contribution in [0.4, 0.5) is 0 Å². The van der Waals surface area contributed by atoms with E-state index in [1.54, 1.807) is 4.90 Å². The van der Waals surface area contributed by atoms with Gasteiger partial charge in [-0.3, -0.25) is 9.78 Å². The van der Waals surface area contributed by atoms with Gasteiger partial charge in [-0.1, -0.05) is 24.3 Å². The van der Waals surface area contributed by atoms with Crippen LogP contribution >= 0.6 is 24.8 Å². The Morgan fingerprint density at radius 3 is 2.81 bits per heavy atom. The van der Waals surface area contributed by atoms with E-state index in [9.17, 15) is 9.90 Å². The number of β-amino-alcohol motifs (C(OH)–C–C–N with tert-alkyl or cyclic N) is 1. The monoisotopic (exact) mass is 463 g/mol. The summed E-state index contributed by atoms with van der Waals surface area (Å²) in [5.41, 5.74) is 2.39. The number of nitrogens with zero attached hydrogens (tertiary/aromatic N) is 4. The van der Waals surface area contributed by atoms with Crippen LogP contribution < -0.4 is 5.32 Å². The van der Waals surface area contributed by atoms with Crippen LogP contribution in [-0.4, -0.2) is 62.7 Å². The number of halogens is 2. The fraction of sp³-hybridized carbons (Fsp3) is 0.409. The maximum Gasteiger partial charge on any atom is 0.274 e. The molecule has 0 radical (unpaired) electrons. The van der Waals surface area contributed by atoms with E-state index in [0.717, 1.165) is 48.5 Å². The SMILES string of the molecule is Cl.Cl.O=C(c1cn2c(n1)CCNCC2)N1C[C@@H](Cc2ccc3ccccc3n2)[C@H](O)C1. The summed E-state index contributed by atoms with van der Waals surface area (Å²) in [6.07, 6.45) is 2.79. The van der Waals surface area contributed by atoms with Gasteiger partial charge in [-0.05, 0) is 18.6 Å². The fourth-order valence-corrected chi connectivity index (χ4v) is 4.35. The fourth-order valence-electron chi connectivity index (χ4n) is 4.35. The summed E-state index contributed by atoms with van der Waals surface area (Å²) in [6.45, 7) is 3.47. The van der Waals surface area contributed by atoms with Crippen LogP contribution in [0.5, 0.6) is 0 Å². The molecule has 7 nitrogen and oxygen atoms in total. The van der Waals surface area contributed by atoms with Crippen LogP contribution in [0.25, 0.3) is 10.9 Å². The third-order valence-electron chi connectivity index (χ3n) is 5.95. The van der Waals surface area contributed by atoms with Crippen LogP contribution in [0.15, 0.2) is 42.6 Å². The molecule has 1 saturated heterocycles. The van der Waals surface area contributed by atoms with Crippen molar-refractivity contribution in [3.05, 3.63) is 59.8 Å². The number of aliphatic hydroxyl groups is 1. The Labute approximate surface area is 193 Å². The largest absolute Gasteiger partial charge is 0.391 e. The number of carbonyl (C=O) groups excluding carboxylic acids is 1. The summed E-state index contributed by atoms with van der Waals surface area (Å²) in [4.78, 5) is 24.0. The molecule has 1 aromatic carbocycles. The summed E-state index contributed by atoms with van der Waals surface area (Å²) in [5, 5.41) is 15.0. The Hall–Kier alpha value is -2.19. The highest BCUT2D eigenvalue weighted by Gasteiger charge is 2.35. The number of benzene rings is 1. The molecular weight excluding hydrogens is 437 g/mol. The molecule has 0 spiro atoms. The molecule has 0 saturated carbocycles. The Balaban J connectivity index is 0.00000136. The summed E-state index contributed by atoms with van der Waals surface area (Å²) in [5.74, 6) is 0.846. The van der Waals surface area contributed by atoms with Crippen molar-refractivity contribution in [1.29, 1.82) is 0 Å². The van der Waals surface area contributed by atoms with E-state index in [-0.39, 0.29) is 36.6 Å². The number of carbonyl (C=O) groups is 1. The zero-order chi connectivity index (χ0) is 19.8. The summed E-state index contributed by atoms with van der Waals surface area (Å²) >= 11 is 0. The molecule has 1 fully saturated rings. The molecule has 5 rings (SSSR count). The zero-order valence-electron chi connectivity index (χ0n) is 17.1. The van der Waals surface area contributed by atoms with E-state index in [2.05, 4.69) is 20.9 Å². The van der Waals surface area contributed by atoms with Crippen LogP contribution in [-0.2, 0) is 19.4 Å². The van der Waals surface area contributed by atoms with Crippen molar-refractivity contribution in [2.24, 2.45) is 5.92 Å². The molecule has 2 N–H and O–H groups in total. The van der Waals surface area contributed by atoms with Crippen molar-refractivity contribution in [3.8, 4) is 0 Å². The predicted octanol–water partition coefficient (Wildman–Crippen LogP) is 2.10. The number of likely N-dealkylation sites (tertiary alicyclic amines) is 1. The minimum Gasteiger partial charge on any atom is -0.391 e. The number of hydrogen-bond acceptors (Lipinski definition) is 5. The van der Waals surface area contributed by atoms with Gasteiger partial charge in [0, 0.05) is 62.3 Å². The van der Waals surface area contributed by atoms with Gasteiger partial charge in [0.05, 0.1) is 11.6 Å². The molecule has 2 atom stereocenters. The number of aliphatic hydroxyl groups excluding tert-OH is 1. The molecule has 4 heterocycles. The van der Waals surface area contributed by atoms with E-state index >= 15 is 0 Å². The number of fused-ring (bicyclic) bond motifs is 2. The van der Waals surface area contributed by atoms with Gasteiger partial charge < -0.3 is 19.9 Å². The molecule has 0 bridgehead atoms. The Bertz CT molecular complexity index is 1030. The first kappa shape index (κ1) is 23.5. The van der Waals surface area contributed by atoms with Crippen molar-refractivity contribution >= 4 is 41.6 Å². The van der Waals surface area contributed by atoms with Crippen molar-refractivity contribution in [1.82, 2.24) is 24.8 Å². The number of amides is 1. The highest BCUT2D eigenvalue weighted by molar-refractivity contribution is 5.92. The molecule has 9 heteroatoms. The standard InChI is InChI=1S/C22H25N5O2.2ClH/c28-20-14-27(22(29)19-13-26-10-9-23-8-7-21(26)25-19)12-16(20)11-17-6-5-15-3-1-2-4-18(15)24-17;;/h1-6,13,16,20,23,28H,7-12,14H2;2*1H/t16-,20-;;/m1../s1. The van der Waals surface area contributed by atoms with Crippen LogP contribution in [0.1, 0.15) is 22.0 Å². The second kappa shape index (κ2) is 9.96. The predicted molar refractivity (Wildman–Crippen MR) is 124 cm³/mol. The number of imidazole rings is 1. The Kier molecular flexibility index (Phi) is 7.54. The van der Waals surface area contributed by atoms with E-state index in [0.29, 0.717) is 25.2 Å². The first-order valence-corrected chi connectivity index (χ1v) is 10.3.